The molecule has 4 nitrogen and oxygen atoms in total. The molecule has 0 spiro atoms. The van der Waals surface area contributed by atoms with Crippen LogP contribution in [-0.4, -0.2) is 22.8 Å². The maximum absolute atomic E-state index is 11.0. The lowest BCUT2D eigenvalue weighted by molar-refractivity contribution is -0.147. The highest BCUT2D eigenvalue weighted by atomic mass is 16.5. The van der Waals surface area contributed by atoms with Gasteiger partial charge in [-0.05, 0) is 6.07 Å². The topological polar surface area (TPSA) is 55.0 Å². The summed E-state index contributed by atoms with van der Waals surface area (Å²) in [5.41, 5.74) is 0.983. The van der Waals surface area contributed by atoms with E-state index in [0.29, 0.717) is 13.0 Å². The van der Waals surface area contributed by atoms with Gasteiger partial charge in [-0.3, -0.25) is 9.89 Å². The van der Waals surface area contributed by atoms with Crippen LogP contribution in [0, 0.1) is 5.92 Å². The number of aromatic amines is 1. The highest BCUT2D eigenvalue weighted by Gasteiger charge is 2.07. The van der Waals surface area contributed by atoms with E-state index in [2.05, 4.69) is 10.2 Å². The largest absolute Gasteiger partial charge is 0.465 e. The molecule has 1 N–H and O–H groups in total. The molecule has 1 aromatic rings. The summed E-state index contributed by atoms with van der Waals surface area (Å²) in [4.78, 5) is 11.0. The minimum absolute atomic E-state index is 0.0539. The molecule has 0 aliphatic carbocycles. The van der Waals surface area contributed by atoms with Gasteiger partial charge in [-0.2, -0.15) is 5.10 Å². The van der Waals surface area contributed by atoms with Crippen LogP contribution in [0.4, 0.5) is 0 Å². The molecule has 0 fully saturated rings. The maximum atomic E-state index is 11.0. The lowest BCUT2D eigenvalue weighted by Gasteiger charge is -2.05. The van der Waals surface area contributed by atoms with Crippen LogP contribution in [0.5, 0.6) is 0 Å². The Morgan fingerprint density at radius 1 is 1.69 bits per heavy atom. The maximum Gasteiger partial charge on any atom is 0.308 e. The van der Waals surface area contributed by atoms with Gasteiger partial charge >= 0.3 is 5.97 Å². The Morgan fingerprint density at radius 3 is 3.00 bits per heavy atom. The van der Waals surface area contributed by atoms with Gasteiger partial charge in [0.15, 0.2) is 0 Å². The number of carbonyl (C=O) groups excluding carboxylic acids is 1. The molecular weight excluding hydrogens is 168 g/mol. The minimum atomic E-state index is -0.153. The van der Waals surface area contributed by atoms with E-state index in [9.17, 15) is 4.79 Å². The number of esters is 1. The van der Waals surface area contributed by atoms with E-state index in [1.807, 2.05) is 19.9 Å². The molecule has 72 valence electrons. The lowest BCUT2D eigenvalue weighted by Crippen LogP contribution is -2.13. The zero-order valence-electron chi connectivity index (χ0n) is 7.91. The van der Waals surface area contributed by atoms with Gasteiger partial charge in [-0.1, -0.05) is 13.8 Å². The third-order valence-electron chi connectivity index (χ3n) is 1.65. The van der Waals surface area contributed by atoms with E-state index >= 15 is 0 Å². The zero-order chi connectivity index (χ0) is 9.68. The van der Waals surface area contributed by atoms with E-state index in [4.69, 9.17) is 4.74 Å². The molecule has 0 atom stereocenters. The number of nitrogens with zero attached hydrogens (tertiary/aromatic N) is 1. The van der Waals surface area contributed by atoms with Crippen molar-refractivity contribution in [3.8, 4) is 0 Å². The van der Waals surface area contributed by atoms with Crippen LogP contribution in [-0.2, 0) is 16.0 Å². The molecule has 1 heterocycles. The molecule has 0 radical (unpaired) electrons. The Balaban J connectivity index is 2.18. The summed E-state index contributed by atoms with van der Waals surface area (Å²) in [5, 5.41) is 6.59. The van der Waals surface area contributed by atoms with Crippen molar-refractivity contribution in [2.75, 3.05) is 6.61 Å². The lowest BCUT2D eigenvalue weighted by atomic mass is 10.2. The van der Waals surface area contributed by atoms with Crippen molar-refractivity contribution in [1.82, 2.24) is 10.2 Å². The van der Waals surface area contributed by atoms with E-state index in [0.717, 1.165) is 5.69 Å². The Labute approximate surface area is 77.3 Å². The van der Waals surface area contributed by atoms with Gasteiger partial charge in [0.1, 0.15) is 0 Å². The predicted molar refractivity (Wildman–Crippen MR) is 48.1 cm³/mol. The van der Waals surface area contributed by atoms with E-state index in [-0.39, 0.29) is 11.9 Å². The molecule has 0 aliphatic rings. The number of aromatic nitrogens is 2. The second-order valence-electron chi connectivity index (χ2n) is 3.15. The first-order valence-corrected chi connectivity index (χ1v) is 4.35. The van der Waals surface area contributed by atoms with E-state index in [1.165, 1.54) is 0 Å². The molecule has 4 heteroatoms. The molecule has 0 unspecified atom stereocenters. The fraction of sp³-hybridized carbons (Fsp3) is 0.556. The van der Waals surface area contributed by atoms with Crippen molar-refractivity contribution in [3.05, 3.63) is 18.0 Å². The second kappa shape index (κ2) is 4.64. The first-order valence-electron chi connectivity index (χ1n) is 4.35. The Hall–Kier alpha value is -1.32. The van der Waals surface area contributed by atoms with Gasteiger partial charge in [-0.15, -0.1) is 0 Å². The summed E-state index contributed by atoms with van der Waals surface area (Å²) in [6.45, 7) is 4.05. The zero-order valence-corrected chi connectivity index (χ0v) is 7.91. The number of nitrogens with one attached hydrogen (secondary N) is 1. The van der Waals surface area contributed by atoms with Crippen LogP contribution >= 0.6 is 0 Å². The van der Waals surface area contributed by atoms with Gasteiger partial charge < -0.3 is 4.74 Å². The number of hydrogen-bond acceptors (Lipinski definition) is 3. The Bertz CT molecular complexity index is 255. The Morgan fingerprint density at radius 2 is 2.46 bits per heavy atom. The average Bonchev–Trinajstić information content (AvgIpc) is 2.56. The van der Waals surface area contributed by atoms with Crippen LogP contribution in [0.25, 0.3) is 0 Å². The summed E-state index contributed by atoms with van der Waals surface area (Å²) in [6.07, 6.45) is 2.37. The van der Waals surface area contributed by atoms with E-state index < -0.39 is 0 Å². The molecule has 0 aromatic carbocycles. The van der Waals surface area contributed by atoms with Crippen LogP contribution < -0.4 is 0 Å². The van der Waals surface area contributed by atoms with Gasteiger partial charge in [0.05, 0.1) is 12.5 Å². The highest BCUT2D eigenvalue weighted by molar-refractivity contribution is 5.71. The number of rotatable bonds is 4. The third-order valence-corrected chi connectivity index (χ3v) is 1.65. The van der Waals surface area contributed by atoms with Crippen molar-refractivity contribution in [2.24, 2.45) is 5.92 Å². The standard InChI is InChI=1S/C9H14N2O2/c1-7(2)9(12)13-6-4-8-3-5-10-11-8/h3,5,7H,4,6H2,1-2H3,(H,10,11). The second-order valence-corrected chi connectivity index (χ2v) is 3.15. The van der Waals surface area contributed by atoms with Crippen molar-refractivity contribution >= 4 is 5.97 Å². The monoisotopic (exact) mass is 182 g/mol. The quantitative estimate of drug-likeness (QED) is 0.711. The van der Waals surface area contributed by atoms with Gasteiger partial charge in [0, 0.05) is 18.3 Å². The molecule has 1 aromatic heterocycles. The van der Waals surface area contributed by atoms with Crippen molar-refractivity contribution in [1.29, 1.82) is 0 Å². The normalized spacial score (nSPS) is 10.4. The number of carbonyl (C=O) groups is 1. The smallest absolute Gasteiger partial charge is 0.308 e. The first kappa shape index (κ1) is 9.77. The summed E-state index contributed by atoms with van der Waals surface area (Å²) >= 11 is 0. The summed E-state index contributed by atoms with van der Waals surface area (Å²) in [6, 6.07) is 1.86. The fourth-order valence-corrected chi connectivity index (χ4v) is 0.852. The number of hydrogen-bond donors (Lipinski definition) is 1. The SMILES string of the molecule is CC(C)C(=O)OCCc1ccn[nH]1. The molecule has 0 saturated heterocycles. The van der Waals surface area contributed by atoms with Gasteiger partial charge in [0.25, 0.3) is 0 Å². The van der Waals surface area contributed by atoms with Crippen LogP contribution in [0.3, 0.4) is 0 Å². The highest BCUT2D eigenvalue weighted by Crippen LogP contribution is 1.98. The molecule has 0 amide bonds. The molecule has 13 heavy (non-hydrogen) atoms. The summed E-state index contributed by atoms with van der Waals surface area (Å²) in [7, 11) is 0. The minimum Gasteiger partial charge on any atom is -0.465 e. The fourth-order valence-electron chi connectivity index (χ4n) is 0.852. The van der Waals surface area contributed by atoms with Crippen molar-refractivity contribution in [3.63, 3.8) is 0 Å². The molecule has 0 saturated carbocycles. The van der Waals surface area contributed by atoms with E-state index in [1.54, 1.807) is 6.20 Å². The Kier molecular flexibility index (Phi) is 3.49. The van der Waals surface area contributed by atoms with Crippen molar-refractivity contribution in [2.45, 2.75) is 20.3 Å². The van der Waals surface area contributed by atoms with Crippen LogP contribution in [0.1, 0.15) is 19.5 Å². The average molecular weight is 182 g/mol. The van der Waals surface area contributed by atoms with Gasteiger partial charge in [-0.25, -0.2) is 0 Å². The van der Waals surface area contributed by atoms with Crippen LogP contribution in [0.15, 0.2) is 12.3 Å². The summed E-state index contributed by atoms with van der Waals surface area (Å²) < 4.78 is 4.99. The first-order chi connectivity index (χ1) is 6.20. The summed E-state index contributed by atoms with van der Waals surface area (Å²) in [5.74, 6) is -0.207. The molecular formula is C9H14N2O2. The molecule has 0 bridgehead atoms. The van der Waals surface area contributed by atoms with Gasteiger partial charge in [0.2, 0.25) is 0 Å². The number of ether oxygens (including phenoxy) is 1. The molecule has 0 aliphatic heterocycles. The van der Waals surface area contributed by atoms with Crippen LogP contribution in [0.2, 0.25) is 0 Å². The van der Waals surface area contributed by atoms with Crippen molar-refractivity contribution < 1.29 is 9.53 Å². The predicted octanol–water partition coefficient (Wildman–Crippen LogP) is 1.15. The number of H-pyrrole nitrogens is 1. The molecule has 1 rings (SSSR count). The third kappa shape index (κ3) is 3.27.